The van der Waals surface area contributed by atoms with Crippen molar-refractivity contribution >= 4 is 31.4 Å². The number of benzene rings is 2. The van der Waals surface area contributed by atoms with E-state index in [4.69, 9.17) is 0 Å². The van der Waals surface area contributed by atoms with Gasteiger partial charge in [0.2, 0.25) is 20.0 Å². The SMILES string of the molecule is CS(=O)(=O)N1CCc2ccc(NS(=O)(=O)CCc3ccccc3F)cc21. The van der Waals surface area contributed by atoms with Gasteiger partial charge in [-0.15, -0.1) is 0 Å². The van der Waals surface area contributed by atoms with Gasteiger partial charge in [-0.25, -0.2) is 21.2 Å². The van der Waals surface area contributed by atoms with Crippen LogP contribution in [0, 0.1) is 5.82 Å². The van der Waals surface area contributed by atoms with Crippen molar-refractivity contribution in [3.63, 3.8) is 0 Å². The van der Waals surface area contributed by atoms with Crippen LogP contribution < -0.4 is 9.03 Å². The van der Waals surface area contributed by atoms with Crippen LogP contribution in [0.3, 0.4) is 0 Å². The smallest absolute Gasteiger partial charge is 0.233 e. The summed E-state index contributed by atoms with van der Waals surface area (Å²) in [5.74, 6) is -0.718. The van der Waals surface area contributed by atoms with Crippen molar-refractivity contribution in [2.75, 3.05) is 27.6 Å². The molecule has 0 saturated carbocycles. The zero-order valence-corrected chi connectivity index (χ0v) is 15.8. The van der Waals surface area contributed by atoms with E-state index in [-0.39, 0.29) is 17.9 Å². The van der Waals surface area contributed by atoms with Crippen molar-refractivity contribution < 1.29 is 21.2 Å². The fourth-order valence-corrected chi connectivity index (χ4v) is 4.96. The lowest BCUT2D eigenvalue weighted by molar-refractivity contribution is 0.595. The summed E-state index contributed by atoms with van der Waals surface area (Å²) < 4.78 is 65.6. The van der Waals surface area contributed by atoms with Crippen molar-refractivity contribution in [2.24, 2.45) is 0 Å². The number of halogens is 1. The molecule has 0 bridgehead atoms. The molecule has 0 saturated heterocycles. The van der Waals surface area contributed by atoms with E-state index >= 15 is 0 Å². The van der Waals surface area contributed by atoms with E-state index in [1.807, 2.05) is 0 Å². The highest BCUT2D eigenvalue weighted by atomic mass is 32.2. The van der Waals surface area contributed by atoms with E-state index in [0.29, 0.717) is 24.2 Å². The molecule has 0 atom stereocenters. The van der Waals surface area contributed by atoms with E-state index in [9.17, 15) is 21.2 Å². The number of anilines is 2. The molecule has 2 aromatic rings. The maximum absolute atomic E-state index is 13.6. The summed E-state index contributed by atoms with van der Waals surface area (Å²) in [7, 11) is -7.12. The molecule has 0 amide bonds. The highest BCUT2D eigenvalue weighted by Crippen LogP contribution is 2.32. The lowest BCUT2D eigenvalue weighted by Gasteiger charge is -2.17. The number of rotatable bonds is 6. The van der Waals surface area contributed by atoms with Gasteiger partial charge >= 0.3 is 0 Å². The van der Waals surface area contributed by atoms with Crippen molar-refractivity contribution in [3.05, 3.63) is 59.4 Å². The van der Waals surface area contributed by atoms with Crippen LogP contribution in [0.1, 0.15) is 11.1 Å². The lowest BCUT2D eigenvalue weighted by atomic mass is 10.1. The minimum atomic E-state index is -3.70. The molecule has 1 aliphatic heterocycles. The van der Waals surface area contributed by atoms with Gasteiger partial charge in [0.05, 0.1) is 23.4 Å². The molecule has 0 spiro atoms. The first-order valence-corrected chi connectivity index (χ1v) is 11.5. The molecule has 3 rings (SSSR count). The molecule has 9 heteroatoms. The van der Waals surface area contributed by atoms with Gasteiger partial charge in [-0.1, -0.05) is 24.3 Å². The van der Waals surface area contributed by atoms with Gasteiger partial charge in [-0.2, -0.15) is 0 Å². The molecule has 6 nitrogen and oxygen atoms in total. The number of hydrogen-bond acceptors (Lipinski definition) is 4. The Labute approximate surface area is 152 Å². The van der Waals surface area contributed by atoms with E-state index in [0.717, 1.165) is 11.8 Å². The van der Waals surface area contributed by atoms with Crippen molar-refractivity contribution in [1.82, 2.24) is 0 Å². The summed E-state index contributed by atoms with van der Waals surface area (Å²) in [6.45, 7) is 0.345. The molecule has 0 radical (unpaired) electrons. The molecular weight excluding hydrogens is 379 g/mol. The van der Waals surface area contributed by atoms with Crippen LogP contribution in [-0.2, 0) is 32.9 Å². The second kappa shape index (κ2) is 6.88. The Hall–Kier alpha value is -2.13. The van der Waals surface area contributed by atoms with Crippen LogP contribution in [-0.4, -0.2) is 35.4 Å². The van der Waals surface area contributed by atoms with E-state index < -0.39 is 25.9 Å². The van der Waals surface area contributed by atoms with Crippen LogP contribution in [0.25, 0.3) is 0 Å². The molecule has 2 aromatic carbocycles. The second-order valence-electron chi connectivity index (χ2n) is 6.19. The normalized spacial score (nSPS) is 14.3. The molecule has 0 fully saturated rings. The summed E-state index contributed by atoms with van der Waals surface area (Å²) in [4.78, 5) is 0. The predicted molar refractivity (Wildman–Crippen MR) is 99.8 cm³/mol. The van der Waals surface area contributed by atoms with E-state index in [1.54, 1.807) is 30.3 Å². The van der Waals surface area contributed by atoms with Gasteiger partial charge in [-0.3, -0.25) is 9.03 Å². The van der Waals surface area contributed by atoms with Gasteiger partial charge in [0, 0.05) is 6.54 Å². The summed E-state index contributed by atoms with van der Waals surface area (Å²) in [5.41, 5.74) is 1.95. The quantitative estimate of drug-likeness (QED) is 0.808. The van der Waals surface area contributed by atoms with Gasteiger partial charge in [0.15, 0.2) is 0 Å². The second-order valence-corrected chi connectivity index (χ2v) is 9.94. The first-order valence-electron chi connectivity index (χ1n) is 8.00. The Bertz CT molecular complexity index is 1040. The average molecular weight is 398 g/mol. The zero-order chi connectivity index (χ0) is 18.9. The van der Waals surface area contributed by atoms with Crippen LogP contribution in [0.15, 0.2) is 42.5 Å². The molecule has 0 aliphatic carbocycles. The van der Waals surface area contributed by atoms with Crippen molar-refractivity contribution in [2.45, 2.75) is 12.8 Å². The third-order valence-corrected chi connectivity index (χ3v) is 6.68. The Morgan fingerprint density at radius 2 is 1.85 bits per heavy atom. The van der Waals surface area contributed by atoms with Gasteiger partial charge in [0.1, 0.15) is 5.82 Å². The summed E-state index contributed by atoms with van der Waals surface area (Å²) in [6.07, 6.45) is 1.75. The molecule has 0 unspecified atom stereocenters. The first-order chi connectivity index (χ1) is 12.2. The lowest BCUT2D eigenvalue weighted by Crippen LogP contribution is -2.27. The van der Waals surface area contributed by atoms with Crippen LogP contribution in [0.5, 0.6) is 0 Å². The maximum Gasteiger partial charge on any atom is 0.233 e. The third-order valence-electron chi connectivity index (χ3n) is 4.21. The monoisotopic (exact) mass is 398 g/mol. The summed E-state index contributed by atoms with van der Waals surface area (Å²) in [5, 5.41) is 0. The topological polar surface area (TPSA) is 83.6 Å². The Balaban J connectivity index is 1.75. The number of aryl methyl sites for hydroxylation is 1. The minimum Gasteiger partial charge on any atom is -0.283 e. The molecule has 1 aliphatic rings. The van der Waals surface area contributed by atoms with E-state index in [1.165, 1.54) is 16.4 Å². The molecule has 1 heterocycles. The maximum atomic E-state index is 13.6. The molecule has 26 heavy (non-hydrogen) atoms. The number of hydrogen-bond donors (Lipinski definition) is 1. The third kappa shape index (κ3) is 4.16. The fourth-order valence-electron chi connectivity index (χ4n) is 2.93. The number of nitrogens with one attached hydrogen (secondary N) is 1. The molecular formula is C17H19FN2O4S2. The predicted octanol–water partition coefficient (Wildman–Crippen LogP) is 2.13. The first kappa shape index (κ1) is 18.7. The van der Waals surface area contributed by atoms with E-state index in [2.05, 4.69) is 4.72 Å². The fraction of sp³-hybridized carbons (Fsp3) is 0.294. The van der Waals surface area contributed by atoms with Crippen LogP contribution in [0.2, 0.25) is 0 Å². The zero-order valence-electron chi connectivity index (χ0n) is 14.1. The van der Waals surface area contributed by atoms with Crippen LogP contribution in [0.4, 0.5) is 15.8 Å². The number of nitrogens with zero attached hydrogens (tertiary/aromatic N) is 1. The van der Waals surface area contributed by atoms with Gasteiger partial charge in [-0.05, 0) is 42.2 Å². The summed E-state index contributed by atoms with van der Waals surface area (Å²) in [6, 6.07) is 10.9. The van der Waals surface area contributed by atoms with Gasteiger partial charge < -0.3 is 0 Å². The Morgan fingerprint density at radius 1 is 1.12 bits per heavy atom. The van der Waals surface area contributed by atoms with Crippen molar-refractivity contribution in [3.8, 4) is 0 Å². The molecule has 140 valence electrons. The highest BCUT2D eigenvalue weighted by molar-refractivity contribution is 7.92. The Kier molecular flexibility index (Phi) is 4.94. The largest absolute Gasteiger partial charge is 0.283 e. The summed E-state index contributed by atoms with van der Waals surface area (Å²) >= 11 is 0. The highest BCUT2D eigenvalue weighted by Gasteiger charge is 2.26. The molecule has 0 aromatic heterocycles. The molecule has 1 N–H and O–H groups in total. The van der Waals surface area contributed by atoms with Crippen molar-refractivity contribution in [1.29, 1.82) is 0 Å². The van der Waals surface area contributed by atoms with Gasteiger partial charge in [0.25, 0.3) is 0 Å². The number of sulfonamides is 2. The Morgan fingerprint density at radius 3 is 2.54 bits per heavy atom. The average Bonchev–Trinajstić information content (AvgIpc) is 2.97. The standard InChI is InChI=1S/C17H19FN2O4S2/c1-25(21,22)20-10-8-14-6-7-15(12-17(14)20)19-26(23,24)11-9-13-4-2-3-5-16(13)18/h2-7,12,19H,8-11H2,1H3. The van der Waals surface area contributed by atoms with Crippen LogP contribution >= 0.6 is 0 Å². The minimum absolute atomic E-state index is 0.0441. The number of fused-ring (bicyclic) bond motifs is 1.